The standard InChI is InChI=1S/C13H21NO4S2/c1-12(2)8-14(9-13(3,4)18-12)20(16,17)11-6-5-10(7-15)19-11/h5-6,15H,7-9H2,1-4H3. The van der Waals surface area contributed by atoms with Gasteiger partial charge in [-0.05, 0) is 39.8 Å². The van der Waals surface area contributed by atoms with Gasteiger partial charge in [-0.15, -0.1) is 11.3 Å². The molecule has 7 heteroatoms. The van der Waals surface area contributed by atoms with Crippen molar-refractivity contribution in [3.8, 4) is 0 Å². The first-order chi connectivity index (χ1) is 9.06. The second kappa shape index (κ2) is 5.06. The molecule has 1 saturated heterocycles. The average molecular weight is 319 g/mol. The topological polar surface area (TPSA) is 66.8 Å². The monoisotopic (exact) mass is 319 g/mol. The summed E-state index contributed by atoms with van der Waals surface area (Å²) in [6.45, 7) is 8.08. The van der Waals surface area contributed by atoms with Crippen LogP contribution in [0.15, 0.2) is 16.3 Å². The zero-order valence-electron chi connectivity index (χ0n) is 12.2. The van der Waals surface area contributed by atoms with Gasteiger partial charge in [0.05, 0.1) is 17.8 Å². The maximum Gasteiger partial charge on any atom is 0.252 e. The molecule has 0 bridgehead atoms. The third kappa shape index (κ3) is 3.23. The van der Waals surface area contributed by atoms with Crippen LogP contribution in [0.1, 0.15) is 32.6 Å². The molecule has 0 aliphatic carbocycles. The molecule has 0 radical (unpaired) electrons. The molecule has 1 aromatic heterocycles. The van der Waals surface area contributed by atoms with Crippen molar-refractivity contribution < 1.29 is 18.3 Å². The van der Waals surface area contributed by atoms with Gasteiger partial charge in [-0.1, -0.05) is 0 Å². The minimum Gasteiger partial charge on any atom is -0.391 e. The average Bonchev–Trinajstić information content (AvgIpc) is 2.73. The van der Waals surface area contributed by atoms with Crippen molar-refractivity contribution in [1.82, 2.24) is 4.31 Å². The van der Waals surface area contributed by atoms with Crippen LogP contribution in [-0.2, 0) is 21.4 Å². The van der Waals surface area contributed by atoms with Crippen molar-refractivity contribution in [3.05, 3.63) is 17.0 Å². The first-order valence-electron chi connectivity index (χ1n) is 6.46. The summed E-state index contributed by atoms with van der Waals surface area (Å²) in [6.07, 6.45) is 0. The molecule has 2 heterocycles. The molecule has 5 nitrogen and oxygen atoms in total. The lowest BCUT2D eigenvalue weighted by Gasteiger charge is -2.46. The summed E-state index contributed by atoms with van der Waals surface area (Å²) in [5, 5.41) is 9.08. The molecule has 0 atom stereocenters. The van der Waals surface area contributed by atoms with Crippen LogP contribution in [0.3, 0.4) is 0 Å². The van der Waals surface area contributed by atoms with E-state index >= 15 is 0 Å². The number of aliphatic hydroxyl groups excluding tert-OH is 1. The van der Waals surface area contributed by atoms with Crippen LogP contribution in [0.4, 0.5) is 0 Å². The number of hydrogen-bond acceptors (Lipinski definition) is 5. The molecule has 114 valence electrons. The maximum absolute atomic E-state index is 12.7. The highest BCUT2D eigenvalue weighted by atomic mass is 32.2. The summed E-state index contributed by atoms with van der Waals surface area (Å²) in [6, 6.07) is 3.20. The summed E-state index contributed by atoms with van der Waals surface area (Å²) in [7, 11) is -3.53. The van der Waals surface area contributed by atoms with E-state index in [-0.39, 0.29) is 10.8 Å². The summed E-state index contributed by atoms with van der Waals surface area (Å²) in [4.78, 5) is 0.648. The SMILES string of the molecule is CC1(C)CN(S(=O)(=O)c2ccc(CO)s2)CC(C)(C)O1. The lowest BCUT2D eigenvalue weighted by molar-refractivity contribution is -0.163. The van der Waals surface area contributed by atoms with Crippen molar-refractivity contribution in [1.29, 1.82) is 0 Å². The zero-order valence-corrected chi connectivity index (χ0v) is 13.8. The summed E-state index contributed by atoms with van der Waals surface area (Å²) < 4.78 is 33.0. The second-order valence-electron chi connectivity index (χ2n) is 6.27. The van der Waals surface area contributed by atoms with E-state index in [9.17, 15) is 8.42 Å². The normalized spacial score (nSPS) is 22.9. The van der Waals surface area contributed by atoms with Gasteiger partial charge in [0.15, 0.2) is 0 Å². The highest BCUT2D eigenvalue weighted by Crippen LogP contribution is 2.33. The fourth-order valence-electron chi connectivity index (χ4n) is 2.60. The summed E-state index contributed by atoms with van der Waals surface area (Å²) >= 11 is 1.11. The van der Waals surface area contributed by atoms with Crippen molar-refractivity contribution in [2.75, 3.05) is 13.1 Å². The molecule has 0 unspecified atom stereocenters. The Hall–Kier alpha value is -0.470. The van der Waals surface area contributed by atoms with Gasteiger partial charge >= 0.3 is 0 Å². The van der Waals surface area contributed by atoms with Gasteiger partial charge in [0, 0.05) is 18.0 Å². The van der Waals surface area contributed by atoms with Gasteiger partial charge in [0.1, 0.15) is 4.21 Å². The van der Waals surface area contributed by atoms with Gasteiger partial charge < -0.3 is 9.84 Å². The Morgan fingerprint density at radius 2 is 1.80 bits per heavy atom. The molecular weight excluding hydrogens is 298 g/mol. The van der Waals surface area contributed by atoms with Crippen molar-refractivity contribution >= 4 is 21.4 Å². The lowest BCUT2D eigenvalue weighted by atomic mass is 10.0. The zero-order chi connectivity index (χ0) is 15.2. The highest BCUT2D eigenvalue weighted by molar-refractivity contribution is 7.91. The highest BCUT2D eigenvalue weighted by Gasteiger charge is 2.43. The molecule has 20 heavy (non-hydrogen) atoms. The molecule has 0 spiro atoms. The number of sulfonamides is 1. The fourth-order valence-corrected chi connectivity index (χ4v) is 5.71. The van der Waals surface area contributed by atoms with E-state index in [1.54, 1.807) is 12.1 Å². The number of hydrogen-bond donors (Lipinski definition) is 1. The number of thiophene rings is 1. The first kappa shape index (κ1) is 15.9. The molecule has 2 rings (SSSR count). The van der Waals surface area contributed by atoms with Crippen LogP contribution < -0.4 is 0 Å². The smallest absolute Gasteiger partial charge is 0.252 e. The molecule has 1 N–H and O–H groups in total. The quantitative estimate of drug-likeness (QED) is 0.923. The van der Waals surface area contributed by atoms with Gasteiger partial charge in [0.25, 0.3) is 10.0 Å². The van der Waals surface area contributed by atoms with Crippen LogP contribution in [0.2, 0.25) is 0 Å². The number of rotatable bonds is 3. The summed E-state index contributed by atoms with van der Waals surface area (Å²) in [5.74, 6) is 0. The van der Waals surface area contributed by atoms with E-state index in [2.05, 4.69) is 0 Å². The minimum absolute atomic E-state index is 0.139. The van der Waals surface area contributed by atoms with Crippen LogP contribution in [-0.4, -0.2) is 42.1 Å². The largest absolute Gasteiger partial charge is 0.391 e. The Morgan fingerprint density at radius 1 is 1.25 bits per heavy atom. The predicted octanol–water partition coefficient (Wildman–Crippen LogP) is 1.82. The van der Waals surface area contributed by atoms with E-state index in [0.29, 0.717) is 18.0 Å². The van der Waals surface area contributed by atoms with E-state index in [1.807, 2.05) is 27.7 Å². The van der Waals surface area contributed by atoms with Gasteiger partial charge in [-0.25, -0.2) is 8.42 Å². The van der Waals surface area contributed by atoms with Crippen molar-refractivity contribution in [2.24, 2.45) is 0 Å². The van der Waals surface area contributed by atoms with E-state index in [0.717, 1.165) is 11.3 Å². The maximum atomic E-state index is 12.7. The van der Waals surface area contributed by atoms with Crippen molar-refractivity contribution in [3.63, 3.8) is 0 Å². The second-order valence-corrected chi connectivity index (χ2v) is 9.61. The van der Waals surface area contributed by atoms with Gasteiger partial charge in [-0.2, -0.15) is 4.31 Å². The molecule has 1 aliphatic rings. The number of ether oxygens (including phenoxy) is 1. The van der Waals surface area contributed by atoms with Crippen LogP contribution in [0, 0.1) is 0 Å². The molecular formula is C13H21NO4S2. The number of aliphatic hydroxyl groups is 1. The van der Waals surface area contributed by atoms with E-state index in [1.165, 1.54) is 4.31 Å². The molecule has 1 aliphatic heterocycles. The third-order valence-electron chi connectivity index (χ3n) is 3.05. The van der Waals surface area contributed by atoms with Gasteiger partial charge in [0.2, 0.25) is 0 Å². The first-order valence-corrected chi connectivity index (χ1v) is 8.71. The minimum atomic E-state index is -3.53. The van der Waals surface area contributed by atoms with E-state index < -0.39 is 21.2 Å². The Bertz CT molecular complexity index is 573. The van der Waals surface area contributed by atoms with E-state index in [4.69, 9.17) is 9.84 Å². The van der Waals surface area contributed by atoms with Gasteiger partial charge in [-0.3, -0.25) is 0 Å². The molecule has 1 fully saturated rings. The van der Waals surface area contributed by atoms with Crippen LogP contribution in [0.25, 0.3) is 0 Å². The third-order valence-corrected chi connectivity index (χ3v) is 6.38. The number of nitrogens with zero attached hydrogens (tertiary/aromatic N) is 1. The predicted molar refractivity (Wildman–Crippen MR) is 78.2 cm³/mol. The summed E-state index contributed by atoms with van der Waals surface area (Å²) in [5.41, 5.74) is -1.04. The molecule has 0 amide bonds. The fraction of sp³-hybridized carbons (Fsp3) is 0.692. The van der Waals surface area contributed by atoms with Crippen molar-refractivity contribution in [2.45, 2.75) is 49.7 Å². The lowest BCUT2D eigenvalue weighted by Crippen LogP contribution is -2.58. The molecule has 0 saturated carbocycles. The van der Waals surface area contributed by atoms with Crippen LogP contribution in [0.5, 0.6) is 0 Å². The Labute approximate surface area is 124 Å². The Kier molecular flexibility index (Phi) is 4.03. The molecule has 1 aromatic rings. The number of morpholine rings is 1. The Morgan fingerprint density at radius 3 is 2.25 bits per heavy atom. The Balaban J connectivity index is 2.33. The van der Waals surface area contributed by atoms with Crippen LogP contribution >= 0.6 is 11.3 Å². The molecule has 0 aromatic carbocycles.